The molecule has 0 N–H and O–H groups in total. The molecule has 0 saturated carbocycles. The summed E-state index contributed by atoms with van der Waals surface area (Å²) < 4.78 is 5.51. The van der Waals surface area contributed by atoms with Crippen LogP contribution >= 0.6 is 0 Å². The first-order valence-corrected chi connectivity index (χ1v) is 7.76. The first-order chi connectivity index (χ1) is 10.3. The van der Waals surface area contributed by atoms with Crippen molar-refractivity contribution in [2.75, 3.05) is 7.11 Å². The number of methoxy groups -OCH3 is 1. The van der Waals surface area contributed by atoms with E-state index in [0.717, 1.165) is 25.0 Å². The van der Waals surface area contributed by atoms with E-state index in [4.69, 9.17) is 4.74 Å². The Hall–Kier alpha value is -2.02. The van der Waals surface area contributed by atoms with Crippen molar-refractivity contribution in [2.45, 2.75) is 33.1 Å². The Kier molecular flexibility index (Phi) is 3.83. The van der Waals surface area contributed by atoms with Crippen molar-refractivity contribution in [1.82, 2.24) is 0 Å². The fraction of sp³-hybridized carbons (Fsp3) is 0.300. The van der Waals surface area contributed by atoms with Crippen LogP contribution in [0.4, 0.5) is 0 Å². The molecule has 2 aromatic rings. The molecule has 0 saturated heterocycles. The van der Waals surface area contributed by atoms with Gasteiger partial charge in [0.2, 0.25) is 0 Å². The van der Waals surface area contributed by atoms with Crippen molar-refractivity contribution < 1.29 is 4.74 Å². The molecule has 108 valence electrons. The van der Waals surface area contributed by atoms with Crippen molar-refractivity contribution in [3.05, 3.63) is 59.2 Å². The van der Waals surface area contributed by atoms with Gasteiger partial charge in [0.05, 0.1) is 7.11 Å². The van der Waals surface area contributed by atoms with Crippen LogP contribution < -0.4 is 4.74 Å². The summed E-state index contributed by atoms with van der Waals surface area (Å²) in [5.74, 6) is 0.953. The van der Waals surface area contributed by atoms with E-state index in [-0.39, 0.29) is 0 Å². The lowest BCUT2D eigenvalue weighted by Crippen LogP contribution is -1.91. The van der Waals surface area contributed by atoms with Gasteiger partial charge in [-0.25, -0.2) is 0 Å². The Bertz CT molecular complexity index is 735. The Morgan fingerprint density at radius 2 is 1.71 bits per heavy atom. The SMILES string of the molecule is CCC1=CC(CC)=C(c2ccc(OC)c3ccccc23)C1. The van der Waals surface area contributed by atoms with Crippen LogP contribution in [-0.4, -0.2) is 7.11 Å². The number of allylic oxidation sites excluding steroid dienone is 4. The third kappa shape index (κ3) is 2.37. The lowest BCUT2D eigenvalue weighted by atomic mass is 9.93. The molecule has 0 aromatic heterocycles. The van der Waals surface area contributed by atoms with Crippen LogP contribution in [0.2, 0.25) is 0 Å². The average molecular weight is 278 g/mol. The predicted octanol–water partition coefficient (Wildman–Crippen LogP) is 5.75. The Morgan fingerprint density at radius 1 is 0.952 bits per heavy atom. The number of hydrogen-bond acceptors (Lipinski definition) is 1. The van der Waals surface area contributed by atoms with E-state index in [1.54, 1.807) is 12.7 Å². The molecule has 3 rings (SSSR count). The third-order valence-electron chi connectivity index (χ3n) is 4.43. The Balaban J connectivity index is 2.19. The second kappa shape index (κ2) is 5.77. The third-order valence-corrected chi connectivity index (χ3v) is 4.43. The molecule has 0 amide bonds. The summed E-state index contributed by atoms with van der Waals surface area (Å²) >= 11 is 0. The molecular formula is C20H22O. The van der Waals surface area contributed by atoms with Gasteiger partial charge in [0.1, 0.15) is 5.75 Å². The van der Waals surface area contributed by atoms with Crippen molar-refractivity contribution >= 4 is 16.3 Å². The highest BCUT2D eigenvalue weighted by Gasteiger charge is 2.18. The van der Waals surface area contributed by atoms with Crippen molar-refractivity contribution in [3.63, 3.8) is 0 Å². The molecule has 0 aliphatic heterocycles. The van der Waals surface area contributed by atoms with E-state index in [0.29, 0.717) is 0 Å². The number of rotatable bonds is 4. The second-order valence-corrected chi connectivity index (χ2v) is 5.55. The summed E-state index contributed by atoms with van der Waals surface area (Å²) in [6.07, 6.45) is 5.73. The van der Waals surface area contributed by atoms with E-state index >= 15 is 0 Å². The summed E-state index contributed by atoms with van der Waals surface area (Å²) in [6, 6.07) is 12.9. The highest BCUT2D eigenvalue weighted by molar-refractivity contribution is 5.99. The van der Waals surface area contributed by atoms with Crippen LogP contribution in [0.25, 0.3) is 16.3 Å². The van der Waals surface area contributed by atoms with Gasteiger partial charge in [-0.15, -0.1) is 0 Å². The molecule has 0 bridgehead atoms. The standard InChI is InChI=1S/C20H22O/c1-4-14-12-15(5-2)19(13-14)17-10-11-20(21-3)18-9-7-6-8-16(17)18/h6-12H,4-5,13H2,1-3H3. The van der Waals surface area contributed by atoms with Crippen LogP contribution in [0.15, 0.2) is 53.6 Å². The van der Waals surface area contributed by atoms with Crippen LogP contribution in [0.5, 0.6) is 5.75 Å². The molecule has 1 aliphatic carbocycles. The molecule has 0 fully saturated rings. The van der Waals surface area contributed by atoms with Gasteiger partial charge in [-0.3, -0.25) is 0 Å². The van der Waals surface area contributed by atoms with Gasteiger partial charge in [-0.1, -0.05) is 55.8 Å². The summed E-state index contributed by atoms with van der Waals surface area (Å²) in [7, 11) is 1.74. The van der Waals surface area contributed by atoms with Gasteiger partial charge >= 0.3 is 0 Å². The fourth-order valence-corrected chi connectivity index (χ4v) is 3.25. The maximum atomic E-state index is 5.51. The smallest absolute Gasteiger partial charge is 0.126 e. The number of fused-ring (bicyclic) bond motifs is 1. The quantitative estimate of drug-likeness (QED) is 0.691. The number of ether oxygens (including phenoxy) is 1. The van der Waals surface area contributed by atoms with Gasteiger partial charge < -0.3 is 4.74 Å². The zero-order valence-corrected chi connectivity index (χ0v) is 13.1. The molecule has 0 spiro atoms. The minimum absolute atomic E-state index is 0.953. The van der Waals surface area contributed by atoms with Crippen LogP contribution in [0.1, 0.15) is 38.7 Å². The molecule has 21 heavy (non-hydrogen) atoms. The largest absolute Gasteiger partial charge is 0.496 e. The minimum atomic E-state index is 0.953. The van der Waals surface area contributed by atoms with Gasteiger partial charge in [0.25, 0.3) is 0 Å². The second-order valence-electron chi connectivity index (χ2n) is 5.55. The van der Waals surface area contributed by atoms with Crippen molar-refractivity contribution in [3.8, 4) is 5.75 Å². The highest BCUT2D eigenvalue weighted by atomic mass is 16.5. The molecule has 0 heterocycles. The molecular weight excluding hydrogens is 256 g/mol. The topological polar surface area (TPSA) is 9.23 Å². The summed E-state index contributed by atoms with van der Waals surface area (Å²) in [6.45, 7) is 4.49. The molecule has 2 aromatic carbocycles. The maximum absolute atomic E-state index is 5.51. The Morgan fingerprint density at radius 3 is 2.38 bits per heavy atom. The Labute approximate surface area is 126 Å². The average Bonchev–Trinajstić information content (AvgIpc) is 2.97. The van der Waals surface area contributed by atoms with Crippen LogP contribution in [0, 0.1) is 0 Å². The molecule has 1 aliphatic rings. The highest BCUT2D eigenvalue weighted by Crippen LogP contribution is 2.40. The monoisotopic (exact) mass is 278 g/mol. The van der Waals surface area contributed by atoms with E-state index in [1.165, 1.54) is 27.5 Å². The number of benzene rings is 2. The maximum Gasteiger partial charge on any atom is 0.126 e. The molecule has 1 heteroatoms. The van der Waals surface area contributed by atoms with Gasteiger partial charge in [-0.2, -0.15) is 0 Å². The van der Waals surface area contributed by atoms with Crippen LogP contribution in [-0.2, 0) is 0 Å². The fourth-order valence-electron chi connectivity index (χ4n) is 3.25. The lowest BCUT2D eigenvalue weighted by Gasteiger charge is -2.13. The summed E-state index contributed by atoms with van der Waals surface area (Å²) in [5, 5.41) is 2.49. The predicted molar refractivity (Wildman–Crippen MR) is 90.7 cm³/mol. The van der Waals surface area contributed by atoms with Gasteiger partial charge in [0, 0.05) is 5.39 Å². The van der Waals surface area contributed by atoms with Crippen molar-refractivity contribution in [2.24, 2.45) is 0 Å². The van der Waals surface area contributed by atoms with E-state index < -0.39 is 0 Å². The molecule has 0 radical (unpaired) electrons. The normalized spacial score (nSPS) is 14.7. The summed E-state index contributed by atoms with van der Waals surface area (Å²) in [4.78, 5) is 0. The molecule has 0 unspecified atom stereocenters. The minimum Gasteiger partial charge on any atom is -0.496 e. The number of hydrogen-bond donors (Lipinski definition) is 0. The van der Waals surface area contributed by atoms with E-state index in [2.05, 4.69) is 56.3 Å². The lowest BCUT2D eigenvalue weighted by molar-refractivity contribution is 0.420. The van der Waals surface area contributed by atoms with E-state index in [1.807, 2.05) is 0 Å². The first kappa shape index (κ1) is 13.9. The van der Waals surface area contributed by atoms with Crippen LogP contribution in [0.3, 0.4) is 0 Å². The molecule has 1 nitrogen and oxygen atoms in total. The van der Waals surface area contributed by atoms with Gasteiger partial charge in [0.15, 0.2) is 0 Å². The molecule has 0 atom stereocenters. The first-order valence-electron chi connectivity index (χ1n) is 7.76. The zero-order chi connectivity index (χ0) is 14.8. The van der Waals surface area contributed by atoms with Gasteiger partial charge in [-0.05, 0) is 47.4 Å². The van der Waals surface area contributed by atoms with Crippen molar-refractivity contribution in [1.29, 1.82) is 0 Å². The van der Waals surface area contributed by atoms with E-state index in [9.17, 15) is 0 Å². The zero-order valence-electron chi connectivity index (χ0n) is 13.1. The summed E-state index contributed by atoms with van der Waals surface area (Å²) in [5.41, 5.74) is 5.89.